The normalized spacial score (nSPS) is 11.6. The summed E-state index contributed by atoms with van der Waals surface area (Å²) in [6.45, 7) is 3.63. The summed E-state index contributed by atoms with van der Waals surface area (Å²) in [6.07, 6.45) is 0. The predicted molar refractivity (Wildman–Crippen MR) is 16.3 cm³/mol. The van der Waals surface area contributed by atoms with Crippen LogP contribution in [0.25, 0.3) is 0 Å². The first kappa shape index (κ1) is 6.32. The Morgan fingerprint density at radius 1 is 1.60 bits per heavy atom. The average Bonchev–Trinajstić information content (AvgIpc) is 0.722. The zero-order valence-corrected chi connectivity index (χ0v) is 7.23. The number of rotatable bonds is 0. The summed E-state index contributed by atoms with van der Waals surface area (Å²) >= 11 is 0.687. The Morgan fingerprint density at radius 3 is 1.60 bits per heavy atom. The molecule has 0 aromatic heterocycles. The molecule has 1 N–H and O–H groups in total. The van der Waals surface area contributed by atoms with Crippen molar-refractivity contribution < 1.29 is 44.3 Å². The monoisotopic (exact) mass is 200 g/mol. The first-order chi connectivity index (χ1) is 2.00. The van der Waals surface area contributed by atoms with Gasteiger partial charge in [0.15, 0.2) is 0 Å². The van der Waals surface area contributed by atoms with Gasteiger partial charge in [-0.05, 0) is 0 Å². The Balaban J connectivity index is 3.02. The van der Waals surface area contributed by atoms with Crippen LogP contribution in [-0.4, -0.2) is 6.29 Å². The van der Waals surface area contributed by atoms with Gasteiger partial charge in [0, 0.05) is 0 Å². The van der Waals surface area contributed by atoms with Crippen molar-refractivity contribution in [1.82, 2.24) is 0 Å². The van der Waals surface area contributed by atoms with Gasteiger partial charge in [-0.3, -0.25) is 0 Å². The molecule has 0 rings (SSSR count). The molecular formula is C3H7OPr. The Kier molecular flexibility index (Phi) is 2.35. The molecule has 0 aliphatic heterocycles. The van der Waals surface area contributed by atoms with Crippen LogP contribution >= 0.6 is 0 Å². The van der Waals surface area contributed by atoms with Gasteiger partial charge in [0.25, 0.3) is 0 Å². The topological polar surface area (TPSA) is 20.2 Å². The van der Waals surface area contributed by atoms with Crippen LogP contribution < -0.4 is 0 Å². The van der Waals surface area contributed by atoms with Crippen LogP contribution in [0, 0.1) is 39.2 Å². The molecule has 0 fully saturated rings. The van der Waals surface area contributed by atoms with E-state index in [-0.39, 0.29) is 1.18 Å². The van der Waals surface area contributed by atoms with Crippen LogP contribution in [0.2, 0.25) is 0 Å². The maximum atomic E-state index is 8.59. The molecule has 0 saturated heterocycles. The maximum absolute atomic E-state index is 8.59. The van der Waals surface area contributed by atoms with E-state index in [0.717, 1.165) is 0 Å². The second-order valence-electron chi connectivity index (χ2n) is 1.65. The number of hydrogen-bond acceptors (Lipinski definition) is 1. The van der Waals surface area contributed by atoms with Crippen molar-refractivity contribution in [3.63, 3.8) is 0 Å². The van der Waals surface area contributed by atoms with Gasteiger partial charge in [-0.1, -0.05) is 0 Å². The molecule has 28 valence electrons. The van der Waals surface area contributed by atoms with Crippen LogP contribution in [0.5, 0.6) is 0 Å². The molecule has 0 saturated carbocycles. The van der Waals surface area contributed by atoms with E-state index >= 15 is 0 Å². The molecule has 5 heavy (non-hydrogen) atoms. The number of aliphatic hydroxyl groups is 1. The van der Waals surface area contributed by atoms with Gasteiger partial charge in [0.2, 0.25) is 0 Å². The van der Waals surface area contributed by atoms with Crippen LogP contribution in [0.1, 0.15) is 13.8 Å². The molecule has 0 aromatic rings. The van der Waals surface area contributed by atoms with Gasteiger partial charge in [-0.25, -0.2) is 0 Å². The van der Waals surface area contributed by atoms with Gasteiger partial charge < -0.3 is 0 Å². The molecule has 0 unspecified atom stereocenters. The van der Waals surface area contributed by atoms with E-state index < -0.39 is 0 Å². The summed E-state index contributed by atoms with van der Waals surface area (Å²) < 4.78 is -0.333. The molecule has 0 spiro atoms. The summed E-state index contributed by atoms with van der Waals surface area (Å²) in [4.78, 5) is 0. The summed E-state index contributed by atoms with van der Waals surface area (Å²) in [7, 11) is 0. The molecule has 0 radical (unpaired) electrons. The number of hydrogen-bond donors (Lipinski definition) is 1. The van der Waals surface area contributed by atoms with E-state index in [1.807, 2.05) is 13.8 Å². The third-order valence-electron chi connectivity index (χ3n) is 0. The zero-order chi connectivity index (χ0) is 4.50. The van der Waals surface area contributed by atoms with Crippen molar-refractivity contribution in [3.05, 3.63) is 0 Å². The van der Waals surface area contributed by atoms with Gasteiger partial charge in [0.1, 0.15) is 0 Å². The molecule has 0 bridgehead atoms. The van der Waals surface area contributed by atoms with Gasteiger partial charge in [-0.15, -0.1) is 0 Å². The minimum absolute atomic E-state index is 0.333. The van der Waals surface area contributed by atoms with Crippen LogP contribution in [0.15, 0.2) is 0 Å². The van der Waals surface area contributed by atoms with E-state index in [0.29, 0.717) is 39.2 Å². The molecule has 0 amide bonds. The Bertz CT molecular complexity index is 22.4. The standard InChI is InChI=1S/C3H7O.Pr/c1-3(2)4;/h4H,1-2H3;. The van der Waals surface area contributed by atoms with E-state index in [2.05, 4.69) is 0 Å². The first-order valence-corrected chi connectivity index (χ1v) is 3.36. The van der Waals surface area contributed by atoms with E-state index in [1.54, 1.807) is 0 Å². The Labute approximate surface area is 58.7 Å². The summed E-state index contributed by atoms with van der Waals surface area (Å²) in [6, 6.07) is 0. The molecule has 1 nitrogen and oxygen atoms in total. The van der Waals surface area contributed by atoms with Crippen molar-refractivity contribution in [2.24, 2.45) is 0 Å². The third kappa shape index (κ3) is 33.6. The van der Waals surface area contributed by atoms with Crippen LogP contribution in [0.4, 0.5) is 0 Å². The average molecular weight is 200 g/mol. The van der Waals surface area contributed by atoms with Gasteiger partial charge >= 0.3 is 59.3 Å². The van der Waals surface area contributed by atoms with Crippen LogP contribution in [0.3, 0.4) is 0 Å². The SMILES string of the molecule is C[C](C)(O)[Pr]. The Morgan fingerprint density at radius 2 is 1.60 bits per heavy atom. The Hall–Kier alpha value is 1.32. The quantitative estimate of drug-likeness (QED) is 0.594. The molecule has 2 heteroatoms. The molecule has 0 aliphatic rings. The second-order valence-corrected chi connectivity index (χ2v) is 6.19. The summed E-state index contributed by atoms with van der Waals surface area (Å²) in [5, 5.41) is 8.59. The fourth-order valence-electron chi connectivity index (χ4n) is 0. The zero-order valence-electron chi connectivity index (χ0n) is 3.52. The first-order valence-electron chi connectivity index (χ1n) is 1.51. The molecular weight excluding hydrogens is 193 g/mol. The molecule has 0 heterocycles. The van der Waals surface area contributed by atoms with E-state index in [1.165, 1.54) is 0 Å². The van der Waals surface area contributed by atoms with E-state index in [4.69, 9.17) is 5.11 Å². The third-order valence-corrected chi connectivity index (χ3v) is 0. The molecule has 0 atom stereocenters. The minimum atomic E-state index is -0.333. The fourth-order valence-corrected chi connectivity index (χ4v) is 0. The van der Waals surface area contributed by atoms with Gasteiger partial charge in [-0.2, -0.15) is 0 Å². The van der Waals surface area contributed by atoms with Crippen molar-refractivity contribution in [3.8, 4) is 0 Å². The molecule has 0 aliphatic carbocycles. The summed E-state index contributed by atoms with van der Waals surface area (Å²) in [5.41, 5.74) is 0. The predicted octanol–water partition coefficient (Wildman–Crippen LogP) is 0.264. The van der Waals surface area contributed by atoms with Gasteiger partial charge in [0.05, 0.1) is 0 Å². The molecule has 0 aromatic carbocycles. The van der Waals surface area contributed by atoms with Crippen molar-refractivity contribution in [1.29, 1.82) is 0 Å². The van der Waals surface area contributed by atoms with Crippen molar-refractivity contribution >= 4 is 0 Å². The van der Waals surface area contributed by atoms with Crippen molar-refractivity contribution in [2.75, 3.05) is 0 Å². The fraction of sp³-hybridized carbons (Fsp3) is 1.00. The van der Waals surface area contributed by atoms with E-state index in [9.17, 15) is 0 Å². The van der Waals surface area contributed by atoms with Crippen LogP contribution in [-0.2, 0) is 0 Å². The summed E-state index contributed by atoms with van der Waals surface area (Å²) in [5.74, 6) is 0. The van der Waals surface area contributed by atoms with Crippen molar-refractivity contribution in [2.45, 2.75) is 15.0 Å². The second kappa shape index (κ2) is 1.86.